The quantitative estimate of drug-likeness (QED) is 0.0794. The van der Waals surface area contributed by atoms with Crippen molar-refractivity contribution in [3.8, 4) is 0 Å². The van der Waals surface area contributed by atoms with E-state index in [1.165, 1.54) is 0 Å². The van der Waals surface area contributed by atoms with E-state index in [4.69, 9.17) is 29.2 Å². The summed E-state index contributed by atoms with van der Waals surface area (Å²) in [5.41, 5.74) is 8.47. The van der Waals surface area contributed by atoms with Gasteiger partial charge in [0, 0.05) is 4.91 Å². The van der Waals surface area contributed by atoms with Gasteiger partial charge >= 0.3 is 0 Å². The van der Waals surface area contributed by atoms with Gasteiger partial charge in [0.25, 0.3) is 0 Å². The topological polar surface area (TPSA) is 297 Å². The number of nitrogens with zero attached hydrogens (tertiary/aromatic N) is 3. The first kappa shape index (κ1) is 29.3. The zero-order valence-corrected chi connectivity index (χ0v) is 18.6. The van der Waals surface area contributed by atoms with Crippen LogP contribution in [0.4, 0.5) is 0 Å². The smallest absolute Gasteiger partial charge is 0.187 e. The number of aliphatic hydroxyl groups excluding tert-OH is 10. The van der Waals surface area contributed by atoms with Gasteiger partial charge in [-0.15, -0.1) is 0 Å². The Morgan fingerprint density at radius 1 is 0.611 bits per heavy atom. The molecule has 0 aromatic carbocycles. The molecule has 3 fully saturated rings. The van der Waals surface area contributed by atoms with E-state index in [9.17, 15) is 51.1 Å². The van der Waals surface area contributed by atoms with Crippen molar-refractivity contribution in [1.29, 1.82) is 0 Å². The lowest BCUT2D eigenvalue weighted by Crippen LogP contribution is -2.66. The number of ether oxygens (including phenoxy) is 5. The number of azide groups is 1. The van der Waals surface area contributed by atoms with Crippen molar-refractivity contribution < 1.29 is 74.7 Å². The number of hydrogen-bond acceptors (Lipinski definition) is 16. The summed E-state index contributed by atoms with van der Waals surface area (Å²) in [4.78, 5) is 2.52. The Hall–Kier alpha value is -1.29. The van der Waals surface area contributed by atoms with Gasteiger partial charge in [-0.05, 0) is 5.53 Å². The summed E-state index contributed by atoms with van der Waals surface area (Å²) in [6.07, 6.45) is -25.3. The van der Waals surface area contributed by atoms with Crippen LogP contribution in [-0.2, 0) is 23.7 Å². The van der Waals surface area contributed by atoms with Crippen LogP contribution in [0.3, 0.4) is 0 Å². The third kappa shape index (κ3) is 5.89. The lowest BCUT2D eigenvalue weighted by molar-refractivity contribution is -0.376. The van der Waals surface area contributed by atoms with Crippen molar-refractivity contribution in [3.63, 3.8) is 0 Å². The molecule has 3 saturated heterocycles. The SMILES string of the molecule is [N-]=[N+]=NC[C@H]1O[C@H](O[C@H]2[C@H](O)[C@@H](O)[C@@H](O[C@H]3[C@H](O)[C@@H](O)[C@@H](O)O[C@@H]3CO)O[C@@H]2CO)[C@H](O)[C@@H](O)[C@@H]1O. The van der Waals surface area contributed by atoms with Gasteiger partial charge in [-0.3, -0.25) is 0 Å². The molecule has 3 aliphatic rings. The largest absolute Gasteiger partial charge is 0.394 e. The molecule has 0 radical (unpaired) electrons. The molecule has 0 amide bonds. The maximum absolute atomic E-state index is 10.7. The summed E-state index contributed by atoms with van der Waals surface area (Å²) in [6.45, 7) is -2.04. The number of aliphatic hydroxyl groups is 10. The van der Waals surface area contributed by atoms with Gasteiger partial charge in [0.15, 0.2) is 18.9 Å². The van der Waals surface area contributed by atoms with E-state index in [1.807, 2.05) is 0 Å². The zero-order valence-electron chi connectivity index (χ0n) is 18.6. The molecule has 3 aliphatic heterocycles. The fourth-order valence-corrected chi connectivity index (χ4v) is 4.17. The van der Waals surface area contributed by atoms with Crippen LogP contribution in [0.5, 0.6) is 0 Å². The van der Waals surface area contributed by atoms with Gasteiger partial charge in [-0.2, -0.15) is 0 Å². The fourth-order valence-electron chi connectivity index (χ4n) is 4.17. The van der Waals surface area contributed by atoms with Crippen LogP contribution in [0.2, 0.25) is 0 Å². The average molecular weight is 529 g/mol. The van der Waals surface area contributed by atoms with Crippen molar-refractivity contribution in [2.45, 2.75) is 92.1 Å². The highest BCUT2D eigenvalue weighted by Crippen LogP contribution is 2.32. The van der Waals surface area contributed by atoms with Crippen LogP contribution in [0.1, 0.15) is 0 Å². The molecule has 0 bridgehead atoms. The Kier molecular flexibility index (Phi) is 10.2. The predicted molar refractivity (Wildman–Crippen MR) is 108 cm³/mol. The zero-order chi connectivity index (χ0) is 26.7. The summed E-state index contributed by atoms with van der Waals surface area (Å²) in [5, 5.41) is 104. The standard InChI is InChI=1S/C18H31N3O15/c19-21-20-1-4-7(24)8(25)12(29)17(33-4)36-15-6(3-23)34-18(13(30)10(15)27)35-14-5(2-22)32-16(31)11(28)9(14)26/h4-18,22-31H,1-3H2/t4-,5-,6-,7-,8+,9-,10-,11-,12-,13-,14-,15-,16+,17-,18-/m1/s1. The Labute approximate surface area is 203 Å². The van der Waals surface area contributed by atoms with Crippen molar-refractivity contribution in [2.75, 3.05) is 19.8 Å². The van der Waals surface area contributed by atoms with E-state index in [2.05, 4.69) is 10.0 Å². The van der Waals surface area contributed by atoms with E-state index in [0.29, 0.717) is 0 Å². The van der Waals surface area contributed by atoms with E-state index in [1.54, 1.807) is 0 Å². The molecule has 0 saturated carbocycles. The Balaban J connectivity index is 1.72. The predicted octanol–water partition coefficient (Wildman–Crippen LogP) is -6.25. The number of rotatable bonds is 8. The molecule has 208 valence electrons. The van der Waals surface area contributed by atoms with Gasteiger partial charge in [0.1, 0.15) is 67.1 Å². The van der Waals surface area contributed by atoms with Gasteiger partial charge in [-0.25, -0.2) is 0 Å². The summed E-state index contributed by atoms with van der Waals surface area (Å²) in [7, 11) is 0. The highest BCUT2D eigenvalue weighted by Gasteiger charge is 2.53. The molecule has 0 unspecified atom stereocenters. The third-order valence-electron chi connectivity index (χ3n) is 6.24. The monoisotopic (exact) mass is 529 g/mol. The van der Waals surface area contributed by atoms with Crippen LogP contribution in [0, 0.1) is 0 Å². The van der Waals surface area contributed by atoms with Gasteiger partial charge in [-0.1, -0.05) is 5.11 Å². The molecule has 18 nitrogen and oxygen atoms in total. The molecule has 0 aromatic heterocycles. The van der Waals surface area contributed by atoms with E-state index in [0.717, 1.165) is 0 Å². The van der Waals surface area contributed by atoms with Crippen LogP contribution < -0.4 is 0 Å². The Morgan fingerprint density at radius 2 is 1.08 bits per heavy atom. The second-order valence-electron chi connectivity index (χ2n) is 8.57. The van der Waals surface area contributed by atoms with Gasteiger partial charge in [0.2, 0.25) is 0 Å². The molecule has 15 atom stereocenters. The van der Waals surface area contributed by atoms with Gasteiger partial charge < -0.3 is 74.7 Å². The molecule has 0 spiro atoms. The Morgan fingerprint density at radius 3 is 1.61 bits per heavy atom. The van der Waals surface area contributed by atoms with Gasteiger partial charge in [0.05, 0.1) is 25.9 Å². The van der Waals surface area contributed by atoms with E-state index in [-0.39, 0.29) is 0 Å². The first-order valence-electron chi connectivity index (χ1n) is 11.0. The molecule has 3 rings (SSSR count). The van der Waals surface area contributed by atoms with E-state index < -0.39 is 112 Å². The minimum atomic E-state index is -1.93. The summed E-state index contributed by atoms with van der Waals surface area (Å²) < 4.78 is 26.6. The number of hydrogen-bond donors (Lipinski definition) is 10. The average Bonchev–Trinajstić information content (AvgIpc) is 2.87. The first-order valence-corrected chi connectivity index (χ1v) is 11.0. The molecule has 36 heavy (non-hydrogen) atoms. The molecule has 3 heterocycles. The lowest BCUT2D eigenvalue weighted by Gasteiger charge is -2.47. The van der Waals surface area contributed by atoms with Crippen LogP contribution in [-0.4, -0.2) is 163 Å². The second-order valence-corrected chi connectivity index (χ2v) is 8.57. The molecule has 10 N–H and O–H groups in total. The molecular formula is C18H31N3O15. The molecular weight excluding hydrogens is 498 g/mol. The third-order valence-corrected chi connectivity index (χ3v) is 6.24. The lowest BCUT2D eigenvalue weighted by atomic mass is 9.96. The molecule has 0 aromatic rings. The summed E-state index contributed by atoms with van der Waals surface area (Å²) >= 11 is 0. The van der Waals surface area contributed by atoms with Crippen molar-refractivity contribution in [2.24, 2.45) is 5.11 Å². The van der Waals surface area contributed by atoms with Crippen LogP contribution in [0.15, 0.2) is 5.11 Å². The van der Waals surface area contributed by atoms with Crippen molar-refractivity contribution in [1.82, 2.24) is 0 Å². The minimum absolute atomic E-state index is 0.439. The maximum Gasteiger partial charge on any atom is 0.187 e. The van der Waals surface area contributed by atoms with Crippen molar-refractivity contribution >= 4 is 0 Å². The summed E-state index contributed by atoms with van der Waals surface area (Å²) in [6, 6.07) is 0. The molecule has 18 heteroatoms. The van der Waals surface area contributed by atoms with Crippen molar-refractivity contribution in [3.05, 3.63) is 10.4 Å². The Bertz CT molecular complexity index is 757. The normalized spacial score (nSPS) is 49.9. The highest BCUT2D eigenvalue weighted by molar-refractivity contribution is 4.96. The summed E-state index contributed by atoms with van der Waals surface area (Å²) in [5.74, 6) is 0. The van der Waals surface area contributed by atoms with E-state index >= 15 is 0 Å². The van der Waals surface area contributed by atoms with Crippen LogP contribution in [0.25, 0.3) is 10.4 Å². The second kappa shape index (κ2) is 12.5. The highest BCUT2D eigenvalue weighted by atomic mass is 16.8. The fraction of sp³-hybridized carbons (Fsp3) is 1.00. The maximum atomic E-state index is 10.7. The molecule has 0 aliphatic carbocycles. The van der Waals surface area contributed by atoms with Crippen LogP contribution >= 0.6 is 0 Å². The first-order chi connectivity index (χ1) is 17.0. The minimum Gasteiger partial charge on any atom is -0.394 e.